The number of rotatable bonds is 5. The summed E-state index contributed by atoms with van der Waals surface area (Å²) < 4.78 is 10.6. The van der Waals surface area contributed by atoms with E-state index < -0.39 is 0 Å². The molecule has 0 aliphatic rings. The van der Waals surface area contributed by atoms with Gasteiger partial charge in [0.25, 0.3) is 5.91 Å². The number of hydrogen-bond donors (Lipinski definition) is 0. The first-order valence-electron chi connectivity index (χ1n) is 7.40. The van der Waals surface area contributed by atoms with Gasteiger partial charge in [-0.3, -0.25) is 4.79 Å². The van der Waals surface area contributed by atoms with Gasteiger partial charge in [-0.15, -0.1) is 0 Å². The minimum Gasteiger partial charge on any atom is -0.493 e. The monoisotopic (exact) mass is 367 g/mol. The molecule has 0 unspecified atom stereocenters. The van der Waals surface area contributed by atoms with Crippen LogP contribution in [0.25, 0.3) is 11.1 Å². The highest BCUT2D eigenvalue weighted by atomic mass is 35.5. The summed E-state index contributed by atoms with van der Waals surface area (Å²) in [5, 5.41) is 0.719. The van der Waals surface area contributed by atoms with E-state index in [2.05, 4.69) is 0 Å². The average Bonchev–Trinajstić information content (AvgIpc) is 2.61. The molecule has 0 aliphatic carbocycles. The number of ether oxygens (including phenoxy) is 2. The molecule has 1 amide bonds. The number of hydrogen-bond acceptors (Lipinski definition) is 3. The fourth-order valence-electron chi connectivity index (χ4n) is 2.35. The molecule has 0 heterocycles. The van der Waals surface area contributed by atoms with Crippen molar-refractivity contribution in [3.8, 4) is 22.6 Å². The van der Waals surface area contributed by atoms with Crippen molar-refractivity contribution in [1.82, 2.24) is 4.90 Å². The number of methoxy groups -OCH3 is 2. The van der Waals surface area contributed by atoms with Gasteiger partial charge in [0.15, 0.2) is 11.5 Å². The largest absolute Gasteiger partial charge is 0.493 e. The fourth-order valence-corrected chi connectivity index (χ4v) is 2.78. The smallest absolute Gasteiger partial charge is 0.254 e. The van der Waals surface area contributed by atoms with E-state index in [0.29, 0.717) is 39.2 Å². The maximum atomic E-state index is 12.7. The number of carbonyl (C=O) groups is 1. The van der Waals surface area contributed by atoms with Crippen molar-refractivity contribution < 1.29 is 14.3 Å². The van der Waals surface area contributed by atoms with Crippen LogP contribution >= 0.6 is 23.2 Å². The van der Waals surface area contributed by atoms with Gasteiger partial charge in [-0.1, -0.05) is 29.3 Å². The first kappa shape index (κ1) is 18.4. The van der Waals surface area contributed by atoms with E-state index >= 15 is 0 Å². The molecular formula is C18H19Cl2NO3. The van der Waals surface area contributed by atoms with Gasteiger partial charge in [0, 0.05) is 24.7 Å². The van der Waals surface area contributed by atoms with Crippen LogP contribution in [0.3, 0.4) is 0 Å². The summed E-state index contributed by atoms with van der Waals surface area (Å²) in [5.41, 5.74) is 1.80. The molecule has 0 bridgehead atoms. The van der Waals surface area contributed by atoms with Gasteiger partial charge in [-0.2, -0.15) is 0 Å². The molecule has 24 heavy (non-hydrogen) atoms. The molecule has 0 saturated carbocycles. The second-order valence-electron chi connectivity index (χ2n) is 5.17. The average molecular weight is 368 g/mol. The minimum atomic E-state index is -0.124. The second kappa shape index (κ2) is 7.77. The van der Waals surface area contributed by atoms with Crippen LogP contribution in [0.5, 0.6) is 11.5 Å². The van der Waals surface area contributed by atoms with E-state index in [4.69, 9.17) is 32.7 Å². The van der Waals surface area contributed by atoms with Crippen LogP contribution in [0, 0.1) is 0 Å². The minimum absolute atomic E-state index is 0.124. The van der Waals surface area contributed by atoms with Crippen LogP contribution in [0.15, 0.2) is 30.3 Å². The highest BCUT2D eigenvalue weighted by Crippen LogP contribution is 2.40. The van der Waals surface area contributed by atoms with E-state index in [1.54, 1.807) is 50.4 Å². The molecule has 2 rings (SSSR count). The molecular weight excluding hydrogens is 349 g/mol. The number of benzene rings is 2. The third-order valence-electron chi connectivity index (χ3n) is 3.82. The Morgan fingerprint density at radius 3 is 2.33 bits per heavy atom. The summed E-state index contributed by atoms with van der Waals surface area (Å²) in [6.07, 6.45) is 0. The van der Waals surface area contributed by atoms with Crippen molar-refractivity contribution in [3.05, 3.63) is 45.9 Å². The van der Waals surface area contributed by atoms with E-state index in [1.165, 1.54) is 0 Å². The van der Waals surface area contributed by atoms with Crippen molar-refractivity contribution in [2.45, 2.75) is 6.92 Å². The van der Waals surface area contributed by atoms with Crippen LogP contribution < -0.4 is 9.47 Å². The van der Waals surface area contributed by atoms with E-state index in [-0.39, 0.29) is 5.91 Å². The maximum Gasteiger partial charge on any atom is 0.254 e. The Morgan fingerprint density at radius 2 is 1.75 bits per heavy atom. The van der Waals surface area contributed by atoms with E-state index in [0.717, 1.165) is 5.56 Å². The Kier molecular flexibility index (Phi) is 5.97. The molecule has 0 fully saturated rings. The predicted octanol–water partition coefficient (Wildman–Crippen LogP) is 4.77. The van der Waals surface area contributed by atoms with Gasteiger partial charge in [0.1, 0.15) is 0 Å². The highest BCUT2D eigenvalue weighted by Gasteiger charge is 2.21. The van der Waals surface area contributed by atoms with Gasteiger partial charge >= 0.3 is 0 Å². The lowest BCUT2D eigenvalue weighted by atomic mass is 9.98. The van der Waals surface area contributed by atoms with Crippen molar-refractivity contribution in [2.75, 3.05) is 27.8 Å². The van der Waals surface area contributed by atoms with Gasteiger partial charge in [-0.05, 0) is 36.8 Å². The topological polar surface area (TPSA) is 38.8 Å². The zero-order chi connectivity index (χ0) is 17.9. The molecule has 4 nitrogen and oxygen atoms in total. The van der Waals surface area contributed by atoms with Crippen LogP contribution in [0.1, 0.15) is 17.3 Å². The Morgan fingerprint density at radius 1 is 1.08 bits per heavy atom. The van der Waals surface area contributed by atoms with E-state index in [1.807, 2.05) is 13.0 Å². The van der Waals surface area contributed by atoms with Crippen molar-refractivity contribution in [2.24, 2.45) is 0 Å². The van der Waals surface area contributed by atoms with Crippen molar-refractivity contribution >= 4 is 29.1 Å². The summed E-state index contributed by atoms with van der Waals surface area (Å²) in [6, 6.07) is 8.68. The first-order chi connectivity index (χ1) is 11.4. The Balaban J connectivity index is 2.69. The van der Waals surface area contributed by atoms with Gasteiger partial charge in [0.05, 0.1) is 24.3 Å². The summed E-state index contributed by atoms with van der Waals surface area (Å²) in [5.74, 6) is 1.02. The van der Waals surface area contributed by atoms with Crippen molar-refractivity contribution in [1.29, 1.82) is 0 Å². The molecule has 2 aromatic rings. The molecule has 128 valence electrons. The third kappa shape index (κ3) is 3.45. The molecule has 0 N–H and O–H groups in total. The summed E-state index contributed by atoms with van der Waals surface area (Å²) in [6.45, 7) is 2.50. The molecule has 0 aliphatic heterocycles. The lowest BCUT2D eigenvalue weighted by Gasteiger charge is -2.19. The third-order valence-corrected chi connectivity index (χ3v) is 4.62. The quantitative estimate of drug-likeness (QED) is 0.763. The molecule has 0 spiro atoms. The molecule has 0 saturated heterocycles. The number of nitrogens with zero attached hydrogens (tertiary/aromatic N) is 1. The SMILES string of the molecule is CCN(C)C(=O)c1ccc(Cl)c(Cl)c1-c1ccc(OC)c(OC)c1. The molecule has 0 atom stereocenters. The first-order valence-corrected chi connectivity index (χ1v) is 8.16. The summed E-state index contributed by atoms with van der Waals surface area (Å²) in [4.78, 5) is 14.3. The van der Waals surface area contributed by atoms with E-state index in [9.17, 15) is 4.79 Å². The summed E-state index contributed by atoms with van der Waals surface area (Å²) in [7, 11) is 4.86. The van der Waals surface area contributed by atoms with Crippen LogP contribution in [0.2, 0.25) is 10.0 Å². The number of halogens is 2. The van der Waals surface area contributed by atoms with Crippen LogP contribution in [-0.4, -0.2) is 38.6 Å². The van der Waals surface area contributed by atoms with Gasteiger partial charge in [0.2, 0.25) is 0 Å². The number of amides is 1. The second-order valence-corrected chi connectivity index (χ2v) is 5.96. The normalized spacial score (nSPS) is 10.4. The number of carbonyl (C=O) groups excluding carboxylic acids is 1. The molecule has 6 heteroatoms. The van der Waals surface area contributed by atoms with Gasteiger partial charge in [-0.25, -0.2) is 0 Å². The predicted molar refractivity (Wildman–Crippen MR) is 97.6 cm³/mol. The van der Waals surface area contributed by atoms with Gasteiger partial charge < -0.3 is 14.4 Å². The Bertz CT molecular complexity index is 762. The standard InChI is InChI=1S/C18H19Cl2NO3/c1-5-21(2)18(22)12-7-8-13(19)17(20)16(12)11-6-9-14(23-3)15(10-11)24-4/h6-10H,5H2,1-4H3. The Labute approximate surface area is 151 Å². The van der Waals surface area contributed by atoms with Crippen molar-refractivity contribution in [3.63, 3.8) is 0 Å². The highest BCUT2D eigenvalue weighted by molar-refractivity contribution is 6.44. The zero-order valence-electron chi connectivity index (χ0n) is 14.0. The van der Waals surface area contributed by atoms with Crippen LogP contribution in [0.4, 0.5) is 0 Å². The lowest BCUT2D eigenvalue weighted by Crippen LogP contribution is -2.26. The zero-order valence-corrected chi connectivity index (χ0v) is 15.5. The summed E-state index contributed by atoms with van der Waals surface area (Å²) >= 11 is 12.6. The maximum absolute atomic E-state index is 12.7. The van der Waals surface area contributed by atoms with Crippen LogP contribution in [-0.2, 0) is 0 Å². The molecule has 2 aromatic carbocycles. The Hall–Kier alpha value is -1.91. The molecule has 0 radical (unpaired) electrons. The fraction of sp³-hybridized carbons (Fsp3) is 0.278. The molecule has 0 aromatic heterocycles. The lowest BCUT2D eigenvalue weighted by molar-refractivity contribution is 0.0803.